The summed E-state index contributed by atoms with van der Waals surface area (Å²) in [6.45, 7) is 8.92. The minimum Gasteiger partial charge on any atom is -0.492 e. The van der Waals surface area contributed by atoms with E-state index in [4.69, 9.17) is 4.74 Å². The summed E-state index contributed by atoms with van der Waals surface area (Å²) in [5.74, 6) is 0.836. The van der Waals surface area contributed by atoms with Gasteiger partial charge in [0.1, 0.15) is 12.4 Å². The molecular formula is C21H26N4O2. The SMILES string of the molecule is Cc1cccc(OCCNC(=O)CCc2c(C)nc3cc(C)nn3c2C)c1. The summed E-state index contributed by atoms with van der Waals surface area (Å²) in [5.41, 5.74) is 6.02. The van der Waals surface area contributed by atoms with Gasteiger partial charge in [-0.1, -0.05) is 12.1 Å². The molecule has 0 bridgehead atoms. The van der Waals surface area contributed by atoms with Crippen molar-refractivity contribution in [3.05, 3.63) is 58.5 Å². The lowest BCUT2D eigenvalue weighted by Gasteiger charge is -2.11. The first-order chi connectivity index (χ1) is 12.9. The molecule has 1 aromatic carbocycles. The van der Waals surface area contributed by atoms with E-state index >= 15 is 0 Å². The van der Waals surface area contributed by atoms with E-state index in [-0.39, 0.29) is 5.91 Å². The zero-order valence-electron chi connectivity index (χ0n) is 16.4. The number of nitrogens with one attached hydrogen (secondary N) is 1. The lowest BCUT2D eigenvalue weighted by Crippen LogP contribution is -2.28. The number of benzene rings is 1. The Labute approximate surface area is 159 Å². The normalized spacial score (nSPS) is 11.0. The number of carbonyl (C=O) groups excluding carboxylic acids is 1. The molecule has 0 aliphatic rings. The number of ether oxygens (including phenoxy) is 1. The van der Waals surface area contributed by atoms with Crippen LogP contribution in [0.15, 0.2) is 30.3 Å². The maximum Gasteiger partial charge on any atom is 0.220 e. The molecule has 3 rings (SSSR count). The Morgan fingerprint density at radius 1 is 1.19 bits per heavy atom. The topological polar surface area (TPSA) is 68.5 Å². The standard InChI is InChI=1S/C21H26N4O2/c1-14-6-5-7-18(12-14)27-11-10-22-21(26)9-8-19-16(3)23-20-13-15(2)24-25(20)17(19)4/h5-7,12-13H,8-11H2,1-4H3,(H,22,26). The molecule has 6 heteroatoms. The van der Waals surface area contributed by atoms with Crippen LogP contribution in [0.25, 0.3) is 5.65 Å². The molecule has 27 heavy (non-hydrogen) atoms. The average Bonchev–Trinajstić information content (AvgIpc) is 2.99. The fourth-order valence-corrected chi connectivity index (χ4v) is 3.19. The molecule has 1 amide bonds. The quantitative estimate of drug-likeness (QED) is 0.653. The second-order valence-electron chi connectivity index (χ2n) is 6.83. The molecule has 0 aliphatic carbocycles. The second-order valence-corrected chi connectivity index (χ2v) is 6.83. The van der Waals surface area contributed by atoms with Gasteiger partial charge in [-0.25, -0.2) is 9.50 Å². The summed E-state index contributed by atoms with van der Waals surface area (Å²) < 4.78 is 7.50. The van der Waals surface area contributed by atoms with E-state index in [2.05, 4.69) is 15.4 Å². The smallest absolute Gasteiger partial charge is 0.220 e. The molecule has 2 aromatic heterocycles. The van der Waals surface area contributed by atoms with Crippen LogP contribution in [0, 0.1) is 27.7 Å². The van der Waals surface area contributed by atoms with E-state index in [0.29, 0.717) is 26.0 Å². The summed E-state index contributed by atoms with van der Waals surface area (Å²) >= 11 is 0. The summed E-state index contributed by atoms with van der Waals surface area (Å²) in [4.78, 5) is 16.8. The first-order valence-electron chi connectivity index (χ1n) is 9.22. The fourth-order valence-electron chi connectivity index (χ4n) is 3.19. The van der Waals surface area contributed by atoms with Crippen LogP contribution in [0.1, 0.15) is 34.6 Å². The largest absolute Gasteiger partial charge is 0.492 e. The molecule has 6 nitrogen and oxygen atoms in total. The third-order valence-corrected chi connectivity index (χ3v) is 4.57. The van der Waals surface area contributed by atoms with Gasteiger partial charge in [0.25, 0.3) is 0 Å². The van der Waals surface area contributed by atoms with Crippen LogP contribution in [0.3, 0.4) is 0 Å². The molecule has 0 saturated heterocycles. The van der Waals surface area contributed by atoms with Gasteiger partial charge < -0.3 is 10.1 Å². The Morgan fingerprint density at radius 3 is 2.78 bits per heavy atom. The number of carbonyl (C=O) groups is 1. The molecule has 0 atom stereocenters. The minimum atomic E-state index is 0.0124. The Bertz CT molecular complexity index is 962. The van der Waals surface area contributed by atoms with Gasteiger partial charge in [0.15, 0.2) is 5.65 Å². The molecular weight excluding hydrogens is 340 g/mol. The molecule has 1 N–H and O–H groups in total. The molecule has 0 radical (unpaired) electrons. The second kappa shape index (κ2) is 8.20. The van der Waals surface area contributed by atoms with Crippen molar-refractivity contribution >= 4 is 11.6 Å². The highest BCUT2D eigenvalue weighted by Gasteiger charge is 2.12. The van der Waals surface area contributed by atoms with Crippen LogP contribution in [0.4, 0.5) is 0 Å². The van der Waals surface area contributed by atoms with Crippen molar-refractivity contribution in [2.45, 2.75) is 40.5 Å². The van der Waals surface area contributed by atoms with Gasteiger partial charge in [0, 0.05) is 23.9 Å². The third kappa shape index (κ3) is 4.64. The fraction of sp³-hybridized carbons (Fsp3) is 0.381. The van der Waals surface area contributed by atoms with Crippen molar-refractivity contribution in [1.29, 1.82) is 0 Å². The molecule has 0 spiro atoms. The zero-order valence-corrected chi connectivity index (χ0v) is 16.4. The van der Waals surface area contributed by atoms with Gasteiger partial charge in [-0.2, -0.15) is 5.10 Å². The number of fused-ring (bicyclic) bond motifs is 1. The summed E-state index contributed by atoms with van der Waals surface area (Å²) in [6, 6.07) is 9.84. The number of amides is 1. The van der Waals surface area contributed by atoms with Crippen molar-refractivity contribution in [2.24, 2.45) is 0 Å². The van der Waals surface area contributed by atoms with E-state index < -0.39 is 0 Å². The highest BCUT2D eigenvalue weighted by molar-refractivity contribution is 5.76. The molecule has 0 saturated carbocycles. The summed E-state index contributed by atoms with van der Waals surface area (Å²) in [5, 5.41) is 7.39. The van der Waals surface area contributed by atoms with Crippen LogP contribution >= 0.6 is 0 Å². The molecule has 3 aromatic rings. The maximum absolute atomic E-state index is 12.2. The van der Waals surface area contributed by atoms with E-state index in [1.54, 1.807) is 0 Å². The Balaban J connectivity index is 1.50. The first-order valence-corrected chi connectivity index (χ1v) is 9.22. The van der Waals surface area contributed by atoms with Crippen LogP contribution < -0.4 is 10.1 Å². The molecule has 2 heterocycles. The van der Waals surface area contributed by atoms with E-state index in [0.717, 1.165) is 39.6 Å². The van der Waals surface area contributed by atoms with Gasteiger partial charge >= 0.3 is 0 Å². The number of hydrogen-bond donors (Lipinski definition) is 1. The number of hydrogen-bond acceptors (Lipinski definition) is 4. The van der Waals surface area contributed by atoms with Crippen LogP contribution in [-0.2, 0) is 11.2 Å². The molecule has 0 unspecified atom stereocenters. The van der Waals surface area contributed by atoms with E-state index in [1.165, 1.54) is 0 Å². The number of aromatic nitrogens is 3. The zero-order chi connectivity index (χ0) is 19.4. The van der Waals surface area contributed by atoms with E-state index in [1.807, 2.05) is 62.5 Å². The Hall–Kier alpha value is -2.89. The number of aryl methyl sites for hydroxylation is 4. The van der Waals surface area contributed by atoms with Crippen molar-refractivity contribution in [3.8, 4) is 5.75 Å². The van der Waals surface area contributed by atoms with Crippen LogP contribution in [0.2, 0.25) is 0 Å². The van der Waals surface area contributed by atoms with Crippen LogP contribution in [0.5, 0.6) is 5.75 Å². The van der Waals surface area contributed by atoms with E-state index in [9.17, 15) is 4.79 Å². The minimum absolute atomic E-state index is 0.0124. The van der Waals surface area contributed by atoms with Crippen molar-refractivity contribution < 1.29 is 9.53 Å². The highest BCUT2D eigenvalue weighted by atomic mass is 16.5. The number of nitrogens with zero attached hydrogens (tertiary/aromatic N) is 3. The van der Waals surface area contributed by atoms with Gasteiger partial charge in [-0.05, 0) is 57.4 Å². The predicted molar refractivity (Wildman–Crippen MR) is 105 cm³/mol. The van der Waals surface area contributed by atoms with Crippen molar-refractivity contribution in [3.63, 3.8) is 0 Å². The van der Waals surface area contributed by atoms with Crippen molar-refractivity contribution in [1.82, 2.24) is 19.9 Å². The summed E-state index contributed by atoms with van der Waals surface area (Å²) in [6.07, 6.45) is 1.06. The van der Waals surface area contributed by atoms with Crippen LogP contribution in [-0.4, -0.2) is 33.7 Å². The van der Waals surface area contributed by atoms with Crippen molar-refractivity contribution in [2.75, 3.05) is 13.2 Å². The highest BCUT2D eigenvalue weighted by Crippen LogP contribution is 2.17. The van der Waals surface area contributed by atoms with Gasteiger partial charge in [0.2, 0.25) is 5.91 Å². The monoisotopic (exact) mass is 366 g/mol. The first kappa shape index (κ1) is 18.9. The summed E-state index contributed by atoms with van der Waals surface area (Å²) in [7, 11) is 0. The number of rotatable bonds is 7. The molecule has 142 valence electrons. The van der Waals surface area contributed by atoms with Gasteiger partial charge in [0.05, 0.1) is 12.2 Å². The lowest BCUT2D eigenvalue weighted by molar-refractivity contribution is -0.121. The Morgan fingerprint density at radius 2 is 2.00 bits per heavy atom. The van der Waals surface area contributed by atoms with Gasteiger partial charge in [-0.3, -0.25) is 4.79 Å². The molecule has 0 fully saturated rings. The predicted octanol–water partition coefficient (Wildman–Crippen LogP) is 3.09. The Kier molecular flexibility index (Phi) is 5.74. The average molecular weight is 366 g/mol. The third-order valence-electron chi connectivity index (χ3n) is 4.57. The molecule has 0 aliphatic heterocycles. The van der Waals surface area contributed by atoms with Gasteiger partial charge in [-0.15, -0.1) is 0 Å². The maximum atomic E-state index is 12.2. The lowest BCUT2D eigenvalue weighted by atomic mass is 10.1.